The van der Waals surface area contributed by atoms with Crippen LogP contribution in [0.15, 0.2) is 89.8 Å². The van der Waals surface area contributed by atoms with E-state index in [0.29, 0.717) is 22.2 Å². The van der Waals surface area contributed by atoms with Crippen molar-refractivity contribution in [2.45, 2.75) is 23.8 Å². The Hall–Kier alpha value is -3.92. The van der Waals surface area contributed by atoms with Crippen LogP contribution in [0.3, 0.4) is 0 Å². The smallest absolute Gasteiger partial charge is 0.252 e. The molecule has 0 spiro atoms. The van der Waals surface area contributed by atoms with Gasteiger partial charge in [-0.1, -0.05) is 48.0 Å². The lowest BCUT2D eigenvalue weighted by Gasteiger charge is -2.27. The van der Waals surface area contributed by atoms with Crippen LogP contribution in [0, 0.1) is 0 Å². The fraction of sp³-hybridized carbons (Fsp3) is 0.200. The Morgan fingerprint density at radius 1 is 0.875 bits per heavy atom. The third kappa shape index (κ3) is 5.28. The maximum Gasteiger partial charge on any atom is 0.252 e. The number of carbonyl (C=O) groups excluding carboxylic acids is 2. The molecular formula is C30H27ClN2O6S. The van der Waals surface area contributed by atoms with Gasteiger partial charge in [0.2, 0.25) is 15.9 Å². The molecule has 1 saturated heterocycles. The van der Waals surface area contributed by atoms with Gasteiger partial charge in [0.1, 0.15) is 6.04 Å². The first kappa shape index (κ1) is 27.6. The minimum Gasteiger partial charge on any atom is -0.493 e. The summed E-state index contributed by atoms with van der Waals surface area (Å²) in [4.78, 5) is 27.8. The molecule has 1 atom stereocenters. The molecule has 2 amide bonds. The Morgan fingerprint density at radius 2 is 1.57 bits per heavy atom. The molecule has 10 heteroatoms. The van der Waals surface area contributed by atoms with E-state index in [4.69, 9.17) is 21.1 Å². The summed E-state index contributed by atoms with van der Waals surface area (Å²) in [5, 5.41) is 2.09. The monoisotopic (exact) mass is 578 g/mol. The average molecular weight is 579 g/mol. The number of hydrogen-bond acceptors (Lipinski definition) is 6. The number of carbonyl (C=O) groups is 2. The van der Waals surface area contributed by atoms with Gasteiger partial charge in [-0.15, -0.1) is 0 Å². The molecule has 40 heavy (non-hydrogen) atoms. The molecule has 1 unspecified atom stereocenters. The van der Waals surface area contributed by atoms with Crippen LogP contribution < -0.4 is 14.4 Å². The van der Waals surface area contributed by atoms with Crippen molar-refractivity contribution in [3.05, 3.63) is 95.5 Å². The van der Waals surface area contributed by atoms with E-state index in [1.165, 1.54) is 20.3 Å². The Labute approximate surface area is 237 Å². The molecule has 1 aliphatic heterocycles. The molecule has 0 N–H and O–H groups in total. The van der Waals surface area contributed by atoms with Crippen LogP contribution in [0.2, 0.25) is 5.02 Å². The van der Waals surface area contributed by atoms with Gasteiger partial charge in [-0.3, -0.25) is 9.59 Å². The third-order valence-electron chi connectivity index (χ3n) is 6.95. The fourth-order valence-electron chi connectivity index (χ4n) is 4.88. The zero-order chi connectivity index (χ0) is 28.4. The summed E-state index contributed by atoms with van der Waals surface area (Å²) >= 11 is 5.99. The number of benzene rings is 4. The third-order valence-corrected chi connectivity index (χ3v) is 9.11. The lowest BCUT2D eigenvalue weighted by atomic mass is 10.1. The number of amides is 2. The second kappa shape index (κ2) is 11.3. The Morgan fingerprint density at radius 3 is 2.27 bits per heavy atom. The number of halogens is 1. The molecule has 1 heterocycles. The number of sulfonamides is 1. The molecule has 0 saturated carbocycles. The summed E-state index contributed by atoms with van der Waals surface area (Å²) in [5.74, 6) is -0.0433. The van der Waals surface area contributed by atoms with Gasteiger partial charge in [-0.25, -0.2) is 13.3 Å². The number of anilines is 1. The van der Waals surface area contributed by atoms with Gasteiger partial charge in [0.25, 0.3) is 5.91 Å². The van der Waals surface area contributed by atoms with Crippen molar-refractivity contribution >= 4 is 49.9 Å². The van der Waals surface area contributed by atoms with E-state index in [-0.39, 0.29) is 24.3 Å². The van der Waals surface area contributed by atoms with Crippen LogP contribution in [0.1, 0.15) is 12.0 Å². The Kier molecular flexibility index (Phi) is 7.80. The van der Waals surface area contributed by atoms with Gasteiger partial charge in [0.15, 0.2) is 11.5 Å². The Balaban J connectivity index is 1.52. The highest BCUT2D eigenvalue weighted by Crippen LogP contribution is 2.32. The summed E-state index contributed by atoms with van der Waals surface area (Å²) in [5.41, 5.74) is 1.12. The van der Waals surface area contributed by atoms with Crippen molar-refractivity contribution in [1.29, 1.82) is 0 Å². The minimum absolute atomic E-state index is 0.0389. The second-order valence-electron chi connectivity index (χ2n) is 9.33. The lowest BCUT2D eigenvalue weighted by Crippen LogP contribution is -2.46. The highest BCUT2D eigenvalue weighted by molar-refractivity contribution is 7.89. The normalized spacial score (nSPS) is 15.7. The standard InChI is InChI=1S/C30H27ClN2O6S/c1-38-27-14-7-20(17-28(27)39-2)15-16-32(40(36,37)25-13-8-21-5-3-4-6-22(21)18-25)26-19-29(34)33(30(26)35)24-11-9-23(31)10-12-24/h3-14,17-18,26H,15-16,19H2,1-2H3. The second-order valence-corrected chi connectivity index (χ2v) is 11.7. The van der Waals surface area contributed by atoms with E-state index in [0.717, 1.165) is 25.5 Å². The molecule has 0 radical (unpaired) electrons. The number of nitrogens with zero attached hydrogens (tertiary/aromatic N) is 2. The van der Waals surface area contributed by atoms with Crippen molar-refractivity contribution in [3.63, 3.8) is 0 Å². The van der Waals surface area contributed by atoms with E-state index in [9.17, 15) is 18.0 Å². The lowest BCUT2D eigenvalue weighted by molar-refractivity contribution is -0.122. The average Bonchev–Trinajstić information content (AvgIpc) is 3.25. The van der Waals surface area contributed by atoms with Crippen LogP contribution in [-0.2, 0) is 26.0 Å². The van der Waals surface area contributed by atoms with E-state index in [1.807, 2.05) is 30.3 Å². The van der Waals surface area contributed by atoms with Gasteiger partial charge in [-0.2, -0.15) is 4.31 Å². The number of methoxy groups -OCH3 is 2. The minimum atomic E-state index is -4.19. The zero-order valence-corrected chi connectivity index (χ0v) is 23.5. The van der Waals surface area contributed by atoms with E-state index >= 15 is 0 Å². The van der Waals surface area contributed by atoms with Gasteiger partial charge in [0, 0.05) is 11.6 Å². The molecule has 5 rings (SSSR count). The SMILES string of the molecule is COc1ccc(CCN(C2CC(=O)N(c3ccc(Cl)cc3)C2=O)S(=O)(=O)c2ccc3ccccc3c2)cc1OC. The van der Waals surface area contributed by atoms with E-state index < -0.39 is 27.9 Å². The van der Waals surface area contributed by atoms with Gasteiger partial charge in [-0.05, 0) is 71.3 Å². The number of ether oxygens (including phenoxy) is 2. The fourth-order valence-corrected chi connectivity index (χ4v) is 6.63. The number of rotatable bonds is 9. The summed E-state index contributed by atoms with van der Waals surface area (Å²) in [7, 11) is -1.13. The molecule has 8 nitrogen and oxygen atoms in total. The van der Waals surface area contributed by atoms with E-state index in [1.54, 1.807) is 48.5 Å². The number of imide groups is 1. The van der Waals surface area contributed by atoms with Crippen molar-refractivity contribution in [2.24, 2.45) is 0 Å². The first-order valence-corrected chi connectivity index (χ1v) is 14.4. The van der Waals surface area contributed by atoms with Crippen LogP contribution in [0.5, 0.6) is 11.5 Å². The van der Waals surface area contributed by atoms with Crippen LogP contribution in [0.4, 0.5) is 5.69 Å². The predicted molar refractivity (Wildman–Crippen MR) is 153 cm³/mol. The van der Waals surface area contributed by atoms with E-state index in [2.05, 4.69) is 0 Å². The van der Waals surface area contributed by atoms with Crippen molar-refractivity contribution in [3.8, 4) is 11.5 Å². The zero-order valence-electron chi connectivity index (χ0n) is 21.9. The van der Waals surface area contributed by atoms with Gasteiger partial charge >= 0.3 is 0 Å². The molecule has 0 bridgehead atoms. The van der Waals surface area contributed by atoms with Gasteiger partial charge in [0.05, 0.1) is 31.2 Å². The molecule has 4 aromatic rings. The highest BCUT2D eigenvalue weighted by atomic mass is 35.5. The molecule has 1 fully saturated rings. The highest BCUT2D eigenvalue weighted by Gasteiger charge is 2.46. The summed E-state index contributed by atoms with van der Waals surface area (Å²) in [6.45, 7) is -0.0389. The molecule has 4 aromatic carbocycles. The molecule has 0 aromatic heterocycles. The summed E-state index contributed by atoms with van der Waals surface area (Å²) in [6.07, 6.45) is -0.00765. The quantitative estimate of drug-likeness (QED) is 0.257. The van der Waals surface area contributed by atoms with Crippen LogP contribution in [0.25, 0.3) is 10.8 Å². The summed E-state index contributed by atoms with van der Waals surface area (Å²) in [6, 6.07) is 22.7. The molecule has 1 aliphatic rings. The van der Waals surface area contributed by atoms with Crippen LogP contribution in [-0.4, -0.2) is 51.3 Å². The molecule has 0 aliphatic carbocycles. The van der Waals surface area contributed by atoms with Crippen molar-refractivity contribution < 1.29 is 27.5 Å². The maximum absolute atomic E-state index is 14.1. The van der Waals surface area contributed by atoms with Crippen LogP contribution >= 0.6 is 11.6 Å². The topological polar surface area (TPSA) is 93.2 Å². The molecular weight excluding hydrogens is 552 g/mol. The first-order chi connectivity index (χ1) is 19.2. The maximum atomic E-state index is 14.1. The van der Waals surface area contributed by atoms with Crippen molar-refractivity contribution in [2.75, 3.05) is 25.7 Å². The predicted octanol–water partition coefficient (Wildman–Crippen LogP) is 5.08. The first-order valence-electron chi connectivity index (χ1n) is 12.6. The Bertz CT molecular complexity index is 1690. The molecule has 206 valence electrons. The summed E-state index contributed by atoms with van der Waals surface area (Å²) < 4.78 is 40.1. The number of fused-ring (bicyclic) bond motifs is 1. The van der Waals surface area contributed by atoms with Gasteiger partial charge < -0.3 is 9.47 Å². The van der Waals surface area contributed by atoms with Crippen molar-refractivity contribution in [1.82, 2.24) is 4.31 Å². The number of hydrogen-bond donors (Lipinski definition) is 0. The largest absolute Gasteiger partial charge is 0.493 e.